The summed E-state index contributed by atoms with van der Waals surface area (Å²) in [6.07, 6.45) is 3.02. The minimum absolute atomic E-state index is 0.569. The molecule has 2 rings (SSSR count). The van der Waals surface area contributed by atoms with Gasteiger partial charge in [0.2, 0.25) is 5.95 Å². The van der Waals surface area contributed by atoms with E-state index in [4.69, 9.17) is 0 Å². The molecule has 1 atom stereocenters. The van der Waals surface area contributed by atoms with Crippen molar-refractivity contribution in [3.63, 3.8) is 0 Å². The Labute approximate surface area is 96.2 Å². The average Bonchev–Trinajstić information content (AvgIpc) is 2.71. The maximum absolute atomic E-state index is 4.40. The summed E-state index contributed by atoms with van der Waals surface area (Å²) in [6.45, 7) is 6.04. The molecule has 1 aromatic rings. The van der Waals surface area contributed by atoms with Crippen molar-refractivity contribution in [3.05, 3.63) is 17.5 Å². The van der Waals surface area contributed by atoms with Gasteiger partial charge in [-0.05, 0) is 32.9 Å². The molecule has 0 saturated carbocycles. The van der Waals surface area contributed by atoms with E-state index in [0.29, 0.717) is 12.0 Å². The van der Waals surface area contributed by atoms with Gasteiger partial charge in [-0.1, -0.05) is 0 Å². The fourth-order valence-electron chi connectivity index (χ4n) is 1.82. The first-order valence-corrected chi connectivity index (χ1v) is 5.68. The van der Waals surface area contributed by atoms with Crippen molar-refractivity contribution in [2.24, 2.45) is 0 Å². The van der Waals surface area contributed by atoms with E-state index in [0.717, 1.165) is 30.8 Å². The van der Waals surface area contributed by atoms with Crippen molar-refractivity contribution in [2.45, 2.75) is 26.3 Å². The predicted molar refractivity (Wildman–Crippen MR) is 64.2 cm³/mol. The van der Waals surface area contributed by atoms with Crippen molar-refractivity contribution in [2.75, 3.05) is 25.6 Å². The lowest BCUT2D eigenvalue weighted by Crippen LogP contribution is -2.33. The Hall–Kier alpha value is -1.20. The van der Waals surface area contributed by atoms with Gasteiger partial charge in [-0.3, -0.25) is 5.43 Å². The number of nitrogens with one attached hydrogen (secondary N) is 2. The molecule has 0 radical (unpaired) electrons. The molecule has 1 fully saturated rings. The molecule has 0 unspecified atom stereocenters. The number of hydrazine groups is 1. The SMILES string of the molecule is CN[C@@H]1CCN(Nc2ncc(C)c(C)n2)C1. The summed E-state index contributed by atoms with van der Waals surface area (Å²) in [4.78, 5) is 8.67. The van der Waals surface area contributed by atoms with Crippen molar-refractivity contribution >= 4 is 5.95 Å². The molecule has 1 aliphatic heterocycles. The molecule has 1 saturated heterocycles. The van der Waals surface area contributed by atoms with Crippen LogP contribution in [0.1, 0.15) is 17.7 Å². The smallest absolute Gasteiger partial charge is 0.237 e. The van der Waals surface area contributed by atoms with Crippen LogP contribution < -0.4 is 10.7 Å². The average molecular weight is 221 g/mol. The van der Waals surface area contributed by atoms with Gasteiger partial charge in [0, 0.05) is 31.0 Å². The van der Waals surface area contributed by atoms with E-state index >= 15 is 0 Å². The summed E-state index contributed by atoms with van der Waals surface area (Å²) in [5.74, 6) is 0.694. The number of hydrogen-bond donors (Lipinski definition) is 2. The monoisotopic (exact) mass is 221 g/mol. The van der Waals surface area contributed by atoms with Crippen LogP contribution in [-0.2, 0) is 0 Å². The van der Waals surface area contributed by atoms with Gasteiger partial charge in [0.15, 0.2) is 0 Å². The van der Waals surface area contributed by atoms with Gasteiger partial charge in [0.05, 0.1) is 0 Å². The first-order chi connectivity index (χ1) is 7.69. The summed E-state index contributed by atoms with van der Waals surface area (Å²) in [5.41, 5.74) is 5.40. The van der Waals surface area contributed by atoms with E-state index in [-0.39, 0.29) is 0 Å². The maximum Gasteiger partial charge on any atom is 0.237 e. The van der Waals surface area contributed by atoms with Gasteiger partial charge in [-0.15, -0.1) is 0 Å². The van der Waals surface area contributed by atoms with Crippen LogP contribution >= 0.6 is 0 Å². The molecule has 2 heterocycles. The Morgan fingerprint density at radius 2 is 2.25 bits per heavy atom. The quantitative estimate of drug-likeness (QED) is 0.787. The second kappa shape index (κ2) is 4.76. The Bertz CT molecular complexity index is 365. The highest BCUT2D eigenvalue weighted by Gasteiger charge is 2.21. The van der Waals surface area contributed by atoms with Crippen LogP contribution in [-0.4, -0.2) is 41.2 Å². The van der Waals surface area contributed by atoms with Gasteiger partial charge in [0.1, 0.15) is 0 Å². The summed E-state index contributed by atoms with van der Waals surface area (Å²) in [6, 6.07) is 0.569. The highest BCUT2D eigenvalue weighted by molar-refractivity contribution is 5.27. The fourth-order valence-corrected chi connectivity index (χ4v) is 1.82. The molecule has 0 bridgehead atoms. The summed E-state index contributed by atoms with van der Waals surface area (Å²) < 4.78 is 0. The number of likely N-dealkylation sites (N-methyl/N-ethyl adjacent to an activating group) is 1. The van der Waals surface area contributed by atoms with E-state index in [1.54, 1.807) is 0 Å². The molecular formula is C11H19N5. The Morgan fingerprint density at radius 1 is 1.44 bits per heavy atom. The van der Waals surface area contributed by atoms with Crippen molar-refractivity contribution in [3.8, 4) is 0 Å². The molecule has 5 heteroatoms. The van der Waals surface area contributed by atoms with Crippen LogP contribution in [0, 0.1) is 13.8 Å². The largest absolute Gasteiger partial charge is 0.316 e. The van der Waals surface area contributed by atoms with E-state index in [1.807, 2.05) is 27.1 Å². The van der Waals surface area contributed by atoms with Crippen LogP contribution in [0.2, 0.25) is 0 Å². The van der Waals surface area contributed by atoms with E-state index < -0.39 is 0 Å². The minimum Gasteiger partial charge on any atom is -0.316 e. The van der Waals surface area contributed by atoms with E-state index in [2.05, 4.69) is 25.7 Å². The van der Waals surface area contributed by atoms with Crippen LogP contribution in [0.15, 0.2) is 6.20 Å². The number of hydrogen-bond acceptors (Lipinski definition) is 5. The zero-order valence-corrected chi connectivity index (χ0v) is 10.1. The Kier molecular flexibility index (Phi) is 3.36. The molecule has 0 aliphatic carbocycles. The third kappa shape index (κ3) is 2.48. The lowest BCUT2D eigenvalue weighted by Gasteiger charge is -2.17. The van der Waals surface area contributed by atoms with Gasteiger partial charge >= 0.3 is 0 Å². The fraction of sp³-hybridized carbons (Fsp3) is 0.636. The maximum atomic E-state index is 4.40. The third-order valence-electron chi connectivity index (χ3n) is 3.08. The number of anilines is 1. The number of nitrogens with zero attached hydrogens (tertiary/aromatic N) is 3. The van der Waals surface area contributed by atoms with Gasteiger partial charge in [-0.2, -0.15) is 0 Å². The van der Waals surface area contributed by atoms with Crippen molar-refractivity contribution in [1.82, 2.24) is 20.3 Å². The van der Waals surface area contributed by atoms with E-state index in [1.165, 1.54) is 0 Å². The van der Waals surface area contributed by atoms with Crippen molar-refractivity contribution < 1.29 is 0 Å². The normalized spacial score (nSPS) is 21.3. The number of rotatable bonds is 3. The first-order valence-electron chi connectivity index (χ1n) is 5.68. The van der Waals surface area contributed by atoms with Gasteiger partial charge < -0.3 is 5.32 Å². The lowest BCUT2D eigenvalue weighted by molar-refractivity contribution is 0.392. The molecule has 16 heavy (non-hydrogen) atoms. The molecule has 0 amide bonds. The standard InChI is InChI=1S/C11H19N5/c1-8-6-13-11(14-9(8)2)15-16-5-4-10(7-16)12-3/h6,10,12H,4-5,7H2,1-3H3,(H,13,14,15)/t10-/m1/s1. The number of aromatic nitrogens is 2. The zero-order valence-electron chi connectivity index (χ0n) is 10.1. The lowest BCUT2D eigenvalue weighted by atomic mass is 10.3. The molecule has 0 spiro atoms. The van der Waals surface area contributed by atoms with Crippen LogP contribution in [0.3, 0.4) is 0 Å². The molecule has 0 aromatic carbocycles. The molecule has 88 valence electrons. The van der Waals surface area contributed by atoms with E-state index in [9.17, 15) is 0 Å². The van der Waals surface area contributed by atoms with Crippen LogP contribution in [0.4, 0.5) is 5.95 Å². The second-order valence-electron chi connectivity index (χ2n) is 4.29. The molecule has 1 aliphatic rings. The molecule has 1 aromatic heterocycles. The first kappa shape index (κ1) is 11.3. The summed E-state index contributed by atoms with van der Waals surface area (Å²) in [7, 11) is 2.00. The second-order valence-corrected chi connectivity index (χ2v) is 4.29. The number of aryl methyl sites for hydroxylation is 2. The Balaban J connectivity index is 1.97. The highest BCUT2D eigenvalue weighted by Crippen LogP contribution is 2.11. The predicted octanol–water partition coefficient (Wildman–Crippen LogP) is 0.714. The highest BCUT2D eigenvalue weighted by atomic mass is 15.5. The third-order valence-corrected chi connectivity index (χ3v) is 3.08. The Morgan fingerprint density at radius 3 is 2.88 bits per heavy atom. The van der Waals surface area contributed by atoms with Gasteiger partial charge in [0.25, 0.3) is 0 Å². The summed E-state index contributed by atoms with van der Waals surface area (Å²) >= 11 is 0. The minimum atomic E-state index is 0.569. The van der Waals surface area contributed by atoms with Crippen molar-refractivity contribution in [1.29, 1.82) is 0 Å². The van der Waals surface area contributed by atoms with Gasteiger partial charge in [-0.25, -0.2) is 15.0 Å². The zero-order chi connectivity index (χ0) is 11.5. The van der Waals surface area contributed by atoms with Crippen LogP contribution in [0.5, 0.6) is 0 Å². The topological polar surface area (TPSA) is 53.1 Å². The summed E-state index contributed by atoms with van der Waals surface area (Å²) in [5, 5.41) is 5.44. The van der Waals surface area contributed by atoms with Crippen LogP contribution in [0.25, 0.3) is 0 Å². The molecular weight excluding hydrogens is 202 g/mol. The molecule has 5 nitrogen and oxygen atoms in total. The molecule has 2 N–H and O–H groups in total.